The summed E-state index contributed by atoms with van der Waals surface area (Å²) in [6, 6.07) is 5.72. The lowest BCUT2D eigenvalue weighted by molar-refractivity contribution is -0.130. The third-order valence-corrected chi connectivity index (χ3v) is 5.19. The minimum atomic E-state index is -0.362. The summed E-state index contributed by atoms with van der Waals surface area (Å²) in [6.07, 6.45) is 1.62. The summed E-state index contributed by atoms with van der Waals surface area (Å²) in [5.74, 6) is -0.449. The average Bonchev–Trinajstić information content (AvgIpc) is 2.91. The SMILES string of the molecule is CN(Cc1ccc(F)cc1)C(=O)CNC1C(=O)NCC12CCOCC2. The van der Waals surface area contributed by atoms with Crippen LogP contribution in [0, 0.1) is 11.2 Å². The molecule has 6 nitrogen and oxygen atoms in total. The zero-order chi connectivity index (χ0) is 17.9. The molecule has 0 aromatic heterocycles. The maximum atomic E-state index is 12.9. The zero-order valence-electron chi connectivity index (χ0n) is 14.4. The van der Waals surface area contributed by atoms with Crippen molar-refractivity contribution in [2.75, 3.05) is 33.4 Å². The fourth-order valence-electron chi connectivity index (χ4n) is 3.57. The molecule has 0 saturated carbocycles. The van der Waals surface area contributed by atoms with Crippen molar-refractivity contribution in [2.45, 2.75) is 25.4 Å². The number of ether oxygens (including phenoxy) is 1. The molecule has 1 aromatic rings. The molecule has 7 heteroatoms. The fraction of sp³-hybridized carbons (Fsp3) is 0.556. The van der Waals surface area contributed by atoms with Gasteiger partial charge in [0.25, 0.3) is 0 Å². The number of nitrogens with one attached hydrogen (secondary N) is 2. The number of nitrogens with zero attached hydrogens (tertiary/aromatic N) is 1. The Morgan fingerprint density at radius 3 is 2.72 bits per heavy atom. The largest absolute Gasteiger partial charge is 0.381 e. The summed E-state index contributed by atoms with van der Waals surface area (Å²) in [4.78, 5) is 26.1. The molecule has 2 aliphatic heterocycles. The van der Waals surface area contributed by atoms with Gasteiger partial charge in [-0.2, -0.15) is 0 Å². The van der Waals surface area contributed by atoms with Crippen LogP contribution in [0.25, 0.3) is 0 Å². The Balaban J connectivity index is 1.55. The predicted octanol–water partition coefficient (Wildman–Crippen LogP) is 0.669. The highest BCUT2D eigenvalue weighted by molar-refractivity contribution is 5.86. The second-order valence-electron chi connectivity index (χ2n) is 6.88. The molecule has 2 N–H and O–H groups in total. The molecule has 25 heavy (non-hydrogen) atoms. The van der Waals surface area contributed by atoms with Gasteiger partial charge in [-0.15, -0.1) is 0 Å². The van der Waals surface area contributed by atoms with Gasteiger partial charge in [-0.3, -0.25) is 14.9 Å². The van der Waals surface area contributed by atoms with E-state index in [2.05, 4.69) is 10.6 Å². The normalized spacial score (nSPS) is 22.0. The smallest absolute Gasteiger partial charge is 0.237 e. The van der Waals surface area contributed by atoms with Crippen molar-refractivity contribution >= 4 is 11.8 Å². The fourth-order valence-corrected chi connectivity index (χ4v) is 3.57. The van der Waals surface area contributed by atoms with Crippen LogP contribution < -0.4 is 10.6 Å². The Labute approximate surface area is 146 Å². The summed E-state index contributed by atoms with van der Waals surface area (Å²) < 4.78 is 18.4. The van der Waals surface area contributed by atoms with Crippen LogP contribution in [0.1, 0.15) is 18.4 Å². The molecule has 136 valence electrons. The molecule has 1 unspecified atom stereocenters. The van der Waals surface area contributed by atoms with E-state index in [9.17, 15) is 14.0 Å². The van der Waals surface area contributed by atoms with Crippen LogP contribution in [0.2, 0.25) is 0 Å². The van der Waals surface area contributed by atoms with E-state index in [1.54, 1.807) is 24.1 Å². The maximum Gasteiger partial charge on any atom is 0.237 e. The van der Waals surface area contributed by atoms with Crippen molar-refractivity contribution in [2.24, 2.45) is 5.41 Å². The van der Waals surface area contributed by atoms with Crippen molar-refractivity contribution in [3.05, 3.63) is 35.6 Å². The molecule has 1 atom stereocenters. The van der Waals surface area contributed by atoms with Crippen LogP contribution in [-0.2, 0) is 20.9 Å². The van der Waals surface area contributed by atoms with E-state index in [-0.39, 0.29) is 35.6 Å². The van der Waals surface area contributed by atoms with Crippen molar-refractivity contribution in [1.29, 1.82) is 0 Å². The van der Waals surface area contributed by atoms with Gasteiger partial charge < -0.3 is 15.0 Å². The molecule has 0 aliphatic carbocycles. The molecule has 0 bridgehead atoms. The monoisotopic (exact) mass is 349 g/mol. The third kappa shape index (κ3) is 3.99. The van der Waals surface area contributed by atoms with E-state index in [1.165, 1.54) is 12.1 Å². The lowest BCUT2D eigenvalue weighted by Gasteiger charge is -2.37. The number of amides is 2. The van der Waals surface area contributed by atoms with Crippen LogP contribution in [-0.4, -0.2) is 56.1 Å². The molecular weight excluding hydrogens is 325 g/mol. The molecular formula is C18H24FN3O3. The lowest BCUT2D eigenvalue weighted by atomic mass is 9.76. The zero-order valence-corrected chi connectivity index (χ0v) is 14.4. The first-order chi connectivity index (χ1) is 12.0. The summed E-state index contributed by atoms with van der Waals surface area (Å²) >= 11 is 0. The number of rotatable bonds is 5. The van der Waals surface area contributed by atoms with Gasteiger partial charge in [-0.25, -0.2) is 4.39 Å². The van der Waals surface area contributed by atoms with Gasteiger partial charge in [0.15, 0.2) is 0 Å². The van der Waals surface area contributed by atoms with Gasteiger partial charge in [0, 0.05) is 38.8 Å². The minimum Gasteiger partial charge on any atom is -0.381 e. The Bertz CT molecular complexity index is 629. The predicted molar refractivity (Wildman–Crippen MR) is 90.2 cm³/mol. The van der Waals surface area contributed by atoms with Crippen LogP contribution in [0.5, 0.6) is 0 Å². The third-order valence-electron chi connectivity index (χ3n) is 5.19. The van der Waals surface area contributed by atoms with Crippen LogP contribution in [0.15, 0.2) is 24.3 Å². The number of hydrogen-bond acceptors (Lipinski definition) is 4. The minimum absolute atomic E-state index is 0.0455. The first kappa shape index (κ1) is 17.8. The first-order valence-corrected chi connectivity index (χ1v) is 8.57. The van der Waals surface area contributed by atoms with Crippen molar-refractivity contribution in [1.82, 2.24) is 15.5 Å². The van der Waals surface area contributed by atoms with Crippen LogP contribution >= 0.6 is 0 Å². The number of hydrogen-bond donors (Lipinski definition) is 2. The van der Waals surface area contributed by atoms with Gasteiger partial charge in [-0.05, 0) is 30.5 Å². The second-order valence-corrected chi connectivity index (χ2v) is 6.88. The Kier molecular flexibility index (Phi) is 5.34. The molecule has 2 aliphatic rings. The number of carbonyl (C=O) groups excluding carboxylic acids is 2. The van der Waals surface area contributed by atoms with E-state index < -0.39 is 0 Å². The molecule has 3 rings (SSSR count). The van der Waals surface area contributed by atoms with E-state index >= 15 is 0 Å². The highest BCUT2D eigenvalue weighted by Gasteiger charge is 2.48. The Hall–Kier alpha value is -1.99. The highest BCUT2D eigenvalue weighted by Crippen LogP contribution is 2.37. The van der Waals surface area contributed by atoms with Gasteiger partial charge in [-0.1, -0.05) is 12.1 Å². The van der Waals surface area contributed by atoms with E-state index in [1.807, 2.05) is 0 Å². The molecule has 2 fully saturated rings. The summed E-state index contributed by atoms with van der Waals surface area (Å²) in [5.41, 5.74) is 0.697. The van der Waals surface area contributed by atoms with Gasteiger partial charge in [0.2, 0.25) is 11.8 Å². The molecule has 1 spiro atoms. The van der Waals surface area contributed by atoms with Gasteiger partial charge in [0.05, 0.1) is 12.6 Å². The van der Waals surface area contributed by atoms with Crippen molar-refractivity contribution in [3.63, 3.8) is 0 Å². The number of halogens is 1. The number of carbonyl (C=O) groups is 2. The van der Waals surface area contributed by atoms with Gasteiger partial charge in [0.1, 0.15) is 5.82 Å². The summed E-state index contributed by atoms with van der Waals surface area (Å²) in [5, 5.41) is 6.06. The van der Waals surface area contributed by atoms with E-state index in [0.29, 0.717) is 26.3 Å². The molecule has 2 amide bonds. The number of benzene rings is 1. The molecule has 2 heterocycles. The Morgan fingerprint density at radius 1 is 1.36 bits per heavy atom. The van der Waals surface area contributed by atoms with Crippen molar-refractivity contribution in [3.8, 4) is 0 Å². The second kappa shape index (κ2) is 7.49. The lowest BCUT2D eigenvalue weighted by Crippen LogP contribution is -2.51. The first-order valence-electron chi connectivity index (χ1n) is 8.57. The topological polar surface area (TPSA) is 70.7 Å². The van der Waals surface area contributed by atoms with Crippen LogP contribution in [0.4, 0.5) is 4.39 Å². The standard InChI is InChI=1S/C18H24FN3O3/c1-22(11-13-2-4-14(19)5-3-13)15(23)10-20-16-17(24)21-12-18(16)6-8-25-9-7-18/h2-5,16,20H,6-12H2,1H3,(H,21,24). The summed E-state index contributed by atoms with van der Waals surface area (Å²) in [7, 11) is 1.70. The maximum absolute atomic E-state index is 12.9. The average molecular weight is 349 g/mol. The molecule has 1 aromatic carbocycles. The Morgan fingerprint density at radius 2 is 2.04 bits per heavy atom. The van der Waals surface area contributed by atoms with Crippen LogP contribution in [0.3, 0.4) is 0 Å². The quantitative estimate of drug-likeness (QED) is 0.820. The van der Waals surface area contributed by atoms with Gasteiger partial charge >= 0.3 is 0 Å². The molecule has 0 radical (unpaired) electrons. The van der Waals surface area contributed by atoms with E-state index in [0.717, 1.165) is 18.4 Å². The van der Waals surface area contributed by atoms with Crippen molar-refractivity contribution < 1.29 is 18.7 Å². The highest BCUT2D eigenvalue weighted by atomic mass is 19.1. The molecule has 2 saturated heterocycles. The summed E-state index contributed by atoms with van der Waals surface area (Å²) in [6.45, 7) is 2.42. The number of likely N-dealkylation sites (N-methyl/N-ethyl adjacent to an activating group) is 1. The van der Waals surface area contributed by atoms with E-state index in [4.69, 9.17) is 4.74 Å².